The van der Waals surface area contributed by atoms with E-state index in [1.165, 1.54) is 0 Å². The maximum Gasteiger partial charge on any atom is 0.262 e. The first-order valence-corrected chi connectivity index (χ1v) is 7.39. The molecule has 0 aliphatic heterocycles. The number of fused-ring (bicyclic) bond motifs is 1. The van der Waals surface area contributed by atoms with Gasteiger partial charge in [0, 0.05) is 17.2 Å². The van der Waals surface area contributed by atoms with E-state index in [4.69, 9.17) is 5.26 Å². The lowest BCUT2D eigenvalue weighted by Gasteiger charge is -2.03. The van der Waals surface area contributed by atoms with Crippen molar-refractivity contribution in [2.45, 2.75) is 20.3 Å². The monoisotopic (exact) mass is 346 g/mol. The summed E-state index contributed by atoms with van der Waals surface area (Å²) in [4.78, 5) is 16.2. The molecule has 21 heavy (non-hydrogen) atoms. The van der Waals surface area contributed by atoms with Crippen LogP contribution in [0.5, 0.6) is 0 Å². The molecule has 2 heterocycles. The molecule has 6 heteroatoms. The molecule has 0 saturated heterocycles. The second-order valence-corrected chi connectivity index (χ2v) is 5.56. The van der Waals surface area contributed by atoms with Crippen LogP contribution in [0.2, 0.25) is 0 Å². The summed E-state index contributed by atoms with van der Waals surface area (Å²) in [5.74, 6) is -0.360. The molecule has 2 aromatic heterocycles. The van der Waals surface area contributed by atoms with Crippen molar-refractivity contribution in [1.29, 1.82) is 5.26 Å². The van der Waals surface area contributed by atoms with Gasteiger partial charge < -0.3 is 5.32 Å². The van der Waals surface area contributed by atoms with E-state index in [2.05, 4.69) is 26.2 Å². The maximum absolute atomic E-state index is 11.9. The van der Waals surface area contributed by atoms with Crippen LogP contribution in [0.4, 0.5) is 0 Å². The molecule has 0 unspecified atom stereocenters. The Kier molecular flexibility index (Phi) is 4.76. The minimum absolute atomic E-state index is 0.0721. The number of aryl methyl sites for hydroxylation is 1. The Bertz CT molecular complexity index is 755. The molecule has 0 fully saturated rings. The molecule has 0 aliphatic rings. The van der Waals surface area contributed by atoms with Crippen molar-refractivity contribution in [3.05, 3.63) is 39.8 Å². The first-order chi connectivity index (χ1) is 10.1. The predicted molar refractivity (Wildman–Crippen MR) is 84.5 cm³/mol. The maximum atomic E-state index is 11.9. The summed E-state index contributed by atoms with van der Waals surface area (Å²) in [7, 11) is 0. The zero-order valence-electron chi connectivity index (χ0n) is 11.9. The van der Waals surface area contributed by atoms with Gasteiger partial charge in [0.25, 0.3) is 5.91 Å². The van der Waals surface area contributed by atoms with Crippen LogP contribution in [0.3, 0.4) is 0 Å². The zero-order valence-corrected chi connectivity index (χ0v) is 13.4. The van der Waals surface area contributed by atoms with Gasteiger partial charge in [0.2, 0.25) is 0 Å². The summed E-state index contributed by atoms with van der Waals surface area (Å²) >= 11 is 3.43. The lowest BCUT2D eigenvalue weighted by atomic mass is 10.2. The summed E-state index contributed by atoms with van der Waals surface area (Å²) in [6, 6.07) is 3.91. The topological polar surface area (TPSA) is 70.2 Å². The first kappa shape index (κ1) is 15.3. The molecule has 2 rings (SSSR count). The Hall–Kier alpha value is -2.13. The largest absolute Gasteiger partial charge is 0.351 e. The number of hydrogen-bond acceptors (Lipinski definition) is 3. The Balaban J connectivity index is 2.44. The molecule has 0 aliphatic carbocycles. The third-order valence-electron chi connectivity index (χ3n) is 2.98. The molecule has 0 aromatic carbocycles. The second-order valence-electron chi connectivity index (χ2n) is 4.64. The number of halogens is 1. The number of aromatic nitrogens is 2. The van der Waals surface area contributed by atoms with Gasteiger partial charge in [0.15, 0.2) is 0 Å². The molecular formula is C15H15BrN4O. The summed E-state index contributed by atoms with van der Waals surface area (Å²) in [5, 5.41) is 11.9. The van der Waals surface area contributed by atoms with E-state index in [1.807, 2.05) is 36.6 Å². The molecule has 1 amide bonds. The van der Waals surface area contributed by atoms with E-state index in [1.54, 1.807) is 12.3 Å². The quantitative estimate of drug-likeness (QED) is 0.683. The molecule has 5 nitrogen and oxygen atoms in total. The van der Waals surface area contributed by atoms with Crippen molar-refractivity contribution >= 4 is 33.6 Å². The predicted octanol–water partition coefficient (Wildman–Crippen LogP) is 2.84. The lowest BCUT2D eigenvalue weighted by Crippen LogP contribution is -2.25. The molecule has 0 saturated carbocycles. The highest BCUT2D eigenvalue weighted by Crippen LogP contribution is 2.19. The number of pyridine rings is 1. The van der Waals surface area contributed by atoms with Gasteiger partial charge in [0.05, 0.1) is 11.9 Å². The van der Waals surface area contributed by atoms with E-state index in [0.717, 1.165) is 22.1 Å². The molecule has 0 radical (unpaired) electrons. The fraction of sp³-hybridized carbons (Fsp3) is 0.267. The molecular weight excluding hydrogens is 332 g/mol. The Labute approximate surface area is 131 Å². The van der Waals surface area contributed by atoms with Crippen LogP contribution in [-0.2, 0) is 4.79 Å². The van der Waals surface area contributed by atoms with Crippen LogP contribution in [0.25, 0.3) is 11.7 Å². The molecule has 108 valence electrons. The zero-order chi connectivity index (χ0) is 15.4. The molecule has 0 spiro atoms. The number of nitrogens with one attached hydrogen (secondary N) is 1. The molecule has 2 aromatic rings. The Morgan fingerprint density at radius 2 is 2.38 bits per heavy atom. The van der Waals surface area contributed by atoms with Crippen molar-refractivity contribution < 1.29 is 4.79 Å². The lowest BCUT2D eigenvalue weighted by molar-refractivity contribution is -0.117. The highest BCUT2D eigenvalue weighted by atomic mass is 79.9. The summed E-state index contributed by atoms with van der Waals surface area (Å²) in [5.41, 5.74) is 2.58. The van der Waals surface area contributed by atoms with Gasteiger partial charge in [-0.1, -0.05) is 6.92 Å². The van der Waals surface area contributed by atoms with Crippen LogP contribution < -0.4 is 5.32 Å². The van der Waals surface area contributed by atoms with Gasteiger partial charge in [-0.15, -0.1) is 0 Å². The van der Waals surface area contributed by atoms with Gasteiger partial charge in [-0.3, -0.25) is 9.20 Å². The van der Waals surface area contributed by atoms with Crippen LogP contribution in [0.1, 0.15) is 24.6 Å². The fourth-order valence-electron chi connectivity index (χ4n) is 1.97. The summed E-state index contributed by atoms with van der Waals surface area (Å²) < 4.78 is 2.76. The van der Waals surface area contributed by atoms with Crippen molar-refractivity contribution in [3.63, 3.8) is 0 Å². The number of nitriles is 1. The average molecular weight is 347 g/mol. The first-order valence-electron chi connectivity index (χ1n) is 6.60. The van der Waals surface area contributed by atoms with Gasteiger partial charge >= 0.3 is 0 Å². The minimum Gasteiger partial charge on any atom is -0.351 e. The van der Waals surface area contributed by atoms with E-state index in [-0.39, 0.29) is 11.5 Å². The van der Waals surface area contributed by atoms with Crippen molar-refractivity contribution in [3.8, 4) is 6.07 Å². The van der Waals surface area contributed by atoms with Gasteiger partial charge in [0.1, 0.15) is 17.3 Å². The number of nitrogens with zero attached hydrogens (tertiary/aromatic N) is 3. The van der Waals surface area contributed by atoms with Crippen molar-refractivity contribution in [2.75, 3.05) is 6.54 Å². The SMILES string of the molecule is CCCNC(=O)/C(C#N)=C/c1cnc2c(C)cc(Br)cn12. The second kappa shape index (κ2) is 6.55. The Morgan fingerprint density at radius 1 is 1.62 bits per heavy atom. The molecule has 1 N–H and O–H groups in total. The molecule has 0 bridgehead atoms. The third-order valence-corrected chi connectivity index (χ3v) is 3.41. The van der Waals surface area contributed by atoms with Crippen molar-refractivity contribution in [2.24, 2.45) is 0 Å². The number of carbonyl (C=O) groups is 1. The average Bonchev–Trinajstić information content (AvgIpc) is 2.85. The fourth-order valence-corrected chi connectivity index (χ4v) is 2.52. The van der Waals surface area contributed by atoms with E-state index in [0.29, 0.717) is 12.2 Å². The highest BCUT2D eigenvalue weighted by molar-refractivity contribution is 9.10. The van der Waals surface area contributed by atoms with Gasteiger partial charge in [-0.2, -0.15) is 5.26 Å². The number of hydrogen-bond donors (Lipinski definition) is 1. The van der Waals surface area contributed by atoms with E-state index < -0.39 is 0 Å². The summed E-state index contributed by atoms with van der Waals surface area (Å²) in [6.45, 7) is 4.47. The number of amides is 1. The van der Waals surface area contributed by atoms with Crippen LogP contribution in [-0.4, -0.2) is 21.8 Å². The number of rotatable bonds is 4. The standard InChI is InChI=1S/C15H15BrN4O/c1-3-4-18-15(21)11(7-17)6-13-8-19-14-10(2)5-12(16)9-20(13)14/h5-6,8-9H,3-4H2,1-2H3,(H,18,21)/b11-6+. The van der Waals surface area contributed by atoms with Crippen LogP contribution in [0, 0.1) is 18.3 Å². The van der Waals surface area contributed by atoms with Crippen LogP contribution in [0.15, 0.2) is 28.5 Å². The minimum atomic E-state index is -0.360. The smallest absolute Gasteiger partial charge is 0.262 e. The highest BCUT2D eigenvalue weighted by Gasteiger charge is 2.11. The van der Waals surface area contributed by atoms with E-state index in [9.17, 15) is 4.79 Å². The normalized spacial score (nSPS) is 11.4. The number of imidazole rings is 1. The number of carbonyl (C=O) groups excluding carboxylic acids is 1. The summed E-state index contributed by atoms with van der Waals surface area (Å²) in [6.07, 6.45) is 5.89. The Morgan fingerprint density at radius 3 is 3.05 bits per heavy atom. The third kappa shape index (κ3) is 3.31. The van der Waals surface area contributed by atoms with E-state index >= 15 is 0 Å². The molecule has 0 atom stereocenters. The van der Waals surface area contributed by atoms with Gasteiger partial charge in [-0.05, 0) is 47.0 Å². The van der Waals surface area contributed by atoms with Gasteiger partial charge in [-0.25, -0.2) is 4.98 Å². The van der Waals surface area contributed by atoms with Crippen molar-refractivity contribution in [1.82, 2.24) is 14.7 Å². The van der Waals surface area contributed by atoms with Crippen LogP contribution >= 0.6 is 15.9 Å².